The number of aliphatic hydroxyl groups is 1. The number of allylic oxidation sites excluding steroid dienone is 1. The lowest BCUT2D eigenvalue weighted by molar-refractivity contribution is -0.0430. The molecule has 0 aromatic heterocycles. The first-order chi connectivity index (χ1) is 5.45. The van der Waals surface area contributed by atoms with E-state index in [9.17, 15) is 5.11 Å². The van der Waals surface area contributed by atoms with Crippen molar-refractivity contribution in [1.82, 2.24) is 0 Å². The lowest BCUT2D eigenvalue weighted by Gasteiger charge is -2.41. The van der Waals surface area contributed by atoms with E-state index < -0.39 is 5.60 Å². The van der Waals surface area contributed by atoms with Gasteiger partial charge in [-0.15, -0.1) is 0 Å². The molecule has 1 aliphatic rings. The minimum Gasteiger partial charge on any atom is -0.390 e. The molecule has 0 amide bonds. The minimum atomic E-state index is -0.470. The van der Waals surface area contributed by atoms with E-state index in [1.54, 1.807) is 0 Å². The first kappa shape index (κ1) is 9.79. The highest BCUT2D eigenvalue weighted by Crippen LogP contribution is 2.40. The summed E-state index contributed by atoms with van der Waals surface area (Å²) >= 11 is 0. The Balaban J connectivity index is 2.73. The number of hydrogen-bond acceptors (Lipinski definition) is 1. The lowest BCUT2D eigenvalue weighted by atomic mass is 9.69. The van der Waals surface area contributed by atoms with Gasteiger partial charge in [0.2, 0.25) is 0 Å². The zero-order valence-electron chi connectivity index (χ0n) is 8.43. The molecule has 0 aromatic carbocycles. The SMILES string of the molecule is C=C(C)C1CCCC(C)(O)C1C. The molecule has 1 saturated carbocycles. The van der Waals surface area contributed by atoms with Crippen LogP contribution in [0.3, 0.4) is 0 Å². The molecule has 1 aliphatic carbocycles. The summed E-state index contributed by atoms with van der Waals surface area (Å²) in [5.74, 6) is 0.887. The molecule has 0 spiro atoms. The first-order valence-corrected chi connectivity index (χ1v) is 4.83. The van der Waals surface area contributed by atoms with Gasteiger partial charge in [-0.2, -0.15) is 0 Å². The zero-order chi connectivity index (χ0) is 9.35. The Morgan fingerprint density at radius 1 is 1.58 bits per heavy atom. The Morgan fingerprint density at radius 2 is 2.17 bits per heavy atom. The van der Waals surface area contributed by atoms with Crippen molar-refractivity contribution in [3.63, 3.8) is 0 Å². The summed E-state index contributed by atoms with van der Waals surface area (Å²) < 4.78 is 0. The van der Waals surface area contributed by atoms with Crippen LogP contribution in [0.1, 0.15) is 40.0 Å². The maximum Gasteiger partial charge on any atom is 0.0650 e. The summed E-state index contributed by atoms with van der Waals surface area (Å²) in [5, 5.41) is 10.0. The highest BCUT2D eigenvalue weighted by Gasteiger charge is 2.37. The van der Waals surface area contributed by atoms with E-state index in [2.05, 4.69) is 20.4 Å². The van der Waals surface area contributed by atoms with Crippen molar-refractivity contribution in [2.45, 2.75) is 45.6 Å². The van der Waals surface area contributed by atoms with Gasteiger partial charge in [-0.25, -0.2) is 0 Å². The van der Waals surface area contributed by atoms with Crippen LogP contribution in [0.5, 0.6) is 0 Å². The molecule has 0 radical (unpaired) electrons. The molecule has 3 unspecified atom stereocenters. The second-order valence-electron chi connectivity index (χ2n) is 4.49. The Hall–Kier alpha value is -0.300. The fraction of sp³-hybridized carbons (Fsp3) is 0.818. The summed E-state index contributed by atoms with van der Waals surface area (Å²) in [6, 6.07) is 0. The van der Waals surface area contributed by atoms with Gasteiger partial charge < -0.3 is 5.11 Å². The van der Waals surface area contributed by atoms with Crippen LogP contribution >= 0.6 is 0 Å². The van der Waals surface area contributed by atoms with E-state index in [4.69, 9.17) is 0 Å². The van der Waals surface area contributed by atoms with Crippen molar-refractivity contribution in [2.24, 2.45) is 11.8 Å². The van der Waals surface area contributed by atoms with Gasteiger partial charge in [0.05, 0.1) is 5.60 Å². The van der Waals surface area contributed by atoms with Crippen LogP contribution in [-0.4, -0.2) is 10.7 Å². The van der Waals surface area contributed by atoms with Crippen molar-refractivity contribution in [3.05, 3.63) is 12.2 Å². The summed E-state index contributed by atoms with van der Waals surface area (Å²) in [4.78, 5) is 0. The van der Waals surface area contributed by atoms with Crippen molar-refractivity contribution in [2.75, 3.05) is 0 Å². The topological polar surface area (TPSA) is 20.2 Å². The monoisotopic (exact) mass is 168 g/mol. The predicted octanol–water partition coefficient (Wildman–Crippen LogP) is 2.75. The fourth-order valence-electron chi connectivity index (χ4n) is 2.26. The van der Waals surface area contributed by atoms with Crippen LogP contribution in [-0.2, 0) is 0 Å². The molecule has 70 valence electrons. The van der Waals surface area contributed by atoms with Crippen LogP contribution in [0.25, 0.3) is 0 Å². The number of rotatable bonds is 1. The molecule has 0 bridgehead atoms. The molecular weight excluding hydrogens is 148 g/mol. The van der Waals surface area contributed by atoms with Gasteiger partial charge in [0.1, 0.15) is 0 Å². The zero-order valence-corrected chi connectivity index (χ0v) is 8.43. The molecule has 3 atom stereocenters. The highest BCUT2D eigenvalue weighted by atomic mass is 16.3. The van der Waals surface area contributed by atoms with Gasteiger partial charge >= 0.3 is 0 Å². The second-order valence-corrected chi connectivity index (χ2v) is 4.49. The average molecular weight is 168 g/mol. The van der Waals surface area contributed by atoms with E-state index in [1.807, 2.05) is 6.92 Å². The smallest absolute Gasteiger partial charge is 0.0650 e. The maximum absolute atomic E-state index is 10.0. The molecule has 1 heteroatoms. The van der Waals surface area contributed by atoms with Crippen molar-refractivity contribution < 1.29 is 5.11 Å². The fourth-order valence-corrected chi connectivity index (χ4v) is 2.26. The molecule has 12 heavy (non-hydrogen) atoms. The van der Waals surface area contributed by atoms with Crippen LogP contribution in [0.15, 0.2) is 12.2 Å². The van der Waals surface area contributed by atoms with Gasteiger partial charge in [-0.3, -0.25) is 0 Å². The van der Waals surface area contributed by atoms with Gasteiger partial charge in [0, 0.05) is 0 Å². The quantitative estimate of drug-likeness (QED) is 0.597. The summed E-state index contributed by atoms with van der Waals surface area (Å²) in [5.41, 5.74) is 0.754. The molecule has 0 heterocycles. The Morgan fingerprint density at radius 3 is 2.58 bits per heavy atom. The second kappa shape index (κ2) is 3.21. The lowest BCUT2D eigenvalue weighted by Crippen LogP contribution is -2.41. The molecule has 1 rings (SSSR count). The largest absolute Gasteiger partial charge is 0.390 e. The van der Waals surface area contributed by atoms with Crippen LogP contribution < -0.4 is 0 Å². The Kier molecular flexibility index (Phi) is 2.62. The number of hydrogen-bond donors (Lipinski definition) is 1. The van der Waals surface area contributed by atoms with Crippen molar-refractivity contribution >= 4 is 0 Å². The van der Waals surface area contributed by atoms with E-state index in [1.165, 1.54) is 12.0 Å². The van der Waals surface area contributed by atoms with E-state index in [0.717, 1.165) is 12.8 Å². The van der Waals surface area contributed by atoms with Crippen LogP contribution in [0.4, 0.5) is 0 Å². The third kappa shape index (κ3) is 1.71. The molecular formula is C11H20O. The summed E-state index contributed by atoms with van der Waals surface area (Å²) in [6.45, 7) is 10.1. The summed E-state index contributed by atoms with van der Waals surface area (Å²) in [7, 11) is 0. The first-order valence-electron chi connectivity index (χ1n) is 4.83. The molecule has 1 N–H and O–H groups in total. The molecule has 0 aliphatic heterocycles. The van der Waals surface area contributed by atoms with Crippen molar-refractivity contribution in [1.29, 1.82) is 0 Å². The predicted molar refractivity (Wildman–Crippen MR) is 51.9 cm³/mol. The van der Waals surface area contributed by atoms with Crippen LogP contribution in [0.2, 0.25) is 0 Å². The molecule has 1 fully saturated rings. The van der Waals surface area contributed by atoms with Gasteiger partial charge in [0.25, 0.3) is 0 Å². The molecule has 0 aromatic rings. The normalized spacial score (nSPS) is 42.7. The van der Waals surface area contributed by atoms with Gasteiger partial charge in [0.15, 0.2) is 0 Å². The Bertz CT molecular complexity index is 181. The van der Waals surface area contributed by atoms with E-state index in [0.29, 0.717) is 11.8 Å². The standard InChI is InChI=1S/C11H20O/c1-8(2)10-6-5-7-11(4,12)9(10)3/h9-10,12H,1,5-7H2,2-4H3. The molecule has 1 nitrogen and oxygen atoms in total. The van der Waals surface area contributed by atoms with Crippen molar-refractivity contribution in [3.8, 4) is 0 Å². The third-order valence-electron chi connectivity index (χ3n) is 3.42. The van der Waals surface area contributed by atoms with Gasteiger partial charge in [-0.1, -0.05) is 19.1 Å². The van der Waals surface area contributed by atoms with Gasteiger partial charge in [-0.05, 0) is 44.9 Å². The molecule has 0 saturated heterocycles. The highest BCUT2D eigenvalue weighted by molar-refractivity contribution is 5.04. The Labute approximate surface area is 75.5 Å². The van der Waals surface area contributed by atoms with Crippen LogP contribution in [0, 0.1) is 11.8 Å². The average Bonchev–Trinajstić information content (AvgIpc) is 1.94. The minimum absolute atomic E-state index is 0.365. The maximum atomic E-state index is 10.0. The van der Waals surface area contributed by atoms with E-state index >= 15 is 0 Å². The third-order valence-corrected chi connectivity index (χ3v) is 3.42. The van der Waals surface area contributed by atoms with E-state index in [-0.39, 0.29) is 0 Å². The summed E-state index contributed by atoms with van der Waals surface area (Å²) in [6.07, 6.45) is 3.28.